The third kappa shape index (κ3) is 4.63. The molecule has 1 aromatic carbocycles. The van der Waals surface area contributed by atoms with Crippen molar-refractivity contribution in [3.8, 4) is 11.5 Å². The summed E-state index contributed by atoms with van der Waals surface area (Å²) in [6.07, 6.45) is -0.837. The summed E-state index contributed by atoms with van der Waals surface area (Å²) in [5, 5.41) is 9.04. The van der Waals surface area contributed by atoms with Gasteiger partial charge in [0, 0.05) is 0 Å². The highest BCUT2D eigenvalue weighted by molar-refractivity contribution is 9.10. The zero-order valence-corrected chi connectivity index (χ0v) is 13.6. The van der Waals surface area contributed by atoms with Crippen molar-refractivity contribution in [2.75, 3.05) is 13.2 Å². The highest BCUT2D eigenvalue weighted by Gasteiger charge is 2.21. The lowest BCUT2D eigenvalue weighted by molar-refractivity contribution is -0.150. The fraction of sp³-hybridized carbons (Fsp3) is 0.429. The minimum atomic E-state index is -1.08. The number of hydrogen-bond donors (Lipinski definition) is 1. The molecule has 0 aliphatic rings. The van der Waals surface area contributed by atoms with Gasteiger partial charge in [0.05, 0.1) is 23.2 Å². The highest BCUT2D eigenvalue weighted by atomic mass is 79.9. The number of rotatable bonds is 7. The monoisotopic (exact) mass is 360 g/mol. The van der Waals surface area contributed by atoms with E-state index in [1.165, 1.54) is 12.1 Å². The zero-order chi connectivity index (χ0) is 16.0. The maximum Gasteiger partial charge on any atom is 0.347 e. The van der Waals surface area contributed by atoms with E-state index in [2.05, 4.69) is 15.9 Å². The first-order valence-corrected chi connectivity index (χ1v) is 7.22. The van der Waals surface area contributed by atoms with Crippen molar-refractivity contribution in [3.63, 3.8) is 0 Å². The van der Waals surface area contributed by atoms with Gasteiger partial charge in [-0.15, -0.1) is 0 Å². The number of hydrogen-bond acceptors (Lipinski definition) is 5. The molecule has 1 unspecified atom stereocenters. The molecule has 0 saturated heterocycles. The van der Waals surface area contributed by atoms with Crippen LogP contribution in [-0.4, -0.2) is 36.4 Å². The summed E-state index contributed by atoms with van der Waals surface area (Å²) in [7, 11) is 0. The summed E-state index contributed by atoms with van der Waals surface area (Å²) in [6, 6.07) is 2.74. The van der Waals surface area contributed by atoms with Crippen LogP contribution in [-0.2, 0) is 9.53 Å². The van der Waals surface area contributed by atoms with Crippen molar-refractivity contribution < 1.29 is 28.9 Å². The van der Waals surface area contributed by atoms with Gasteiger partial charge < -0.3 is 19.3 Å². The second-order valence-electron chi connectivity index (χ2n) is 4.04. The summed E-state index contributed by atoms with van der Waals surface area (Å²) in [6.45, 7) is 5.60. The third-order valence-electron chi connectivity index (χ3n) is 2.47. The average Bonchev–Trinajstić information content (AvgIpc) is 2.42. The summed E-state index contributed by atoms with van der Waals surface area (Å²) in [5.74, 6) is -1.07. The van der Waals surface area contributed by atoms with Gasteiger partial charge in [-0.1, -0.05) is 0 Å². The number of carboxylic acid groups (broad SMARTS) is 1. The quantitative estimate of drug-likeness (QED) is 0.752. The number of halogens is 1. The van der Waals surface area contributed by atoms with Crippen molar-refractivity contribution in [1.29, 1.82) is 0 Å². The van der Waals surface area contributed by atoms with Crippen LogP contribution in [0.5, 0.6) is 11.5 Å². The number of aromatic carboxylic acids is 1. The van der Waals surface area contributed by atoms with Gasteiger partial charge in [-0.25, -0.2) is 9.59 Å². The smallest absolute Gasteiger partial charge is 0.347 e. The molecule has 1 aromatic rings. The molecule has 0 radical (unpaired) electrons. The fourth-order valence-electron chi connectivity index (χ4n) is 1.55. The maximum absolute atomic E-state index is 11.6. The zero-order valence-electron chi connectivity index (χ0n) is 12.0. The Hall–Kier alpha value is -1.76. The van der Waals surface area contributed by atoms with Crippen molar-refractivity contribution in [2.24, 2.45) is 0 Å². The van der Waals surface area contributed by atoms with Crippen LogP contribution in [0.15, 0.2) is 16.6 Å². The Kier molecular flexibility index (Phi) is 6.48. The largest absolute Gasteiger partial charge is 0.490 e. The van der Waals surface area contributed by atoms with Gasteiger partial charge in [-0.2, -0.15) is 0 Å². The Morgan fingerprint density at radius 2 is 1.95 bits per heavy atom. The number of carboxylic acids is 1. The molecule has 0 spiro atoms. The predicted molar refractivity (Wildman–Crippen MR) is 79.0 cm³/mol. The Balaban J connectivity index is 3.10. The van der Waals surface area contributed by atoms with E-state index in [4.69, 9.17) is 19.3 Å². The predicted octanol–water partition coefficient (Wildman–Crippen LogP) is 2.88. The van der Waals surface area contributed by atoms with Crippen LogP contribution in [0.25, 0.3) is 0 Å². The summed E-state index contributed by atoms with van der Waals surface area (Å²) >= 11 is 3.23. The number of ether oxygens (including phenoxy) is 3. The Bertz CT molecular complexity index is 528. The van der Waals surface area contributed by atoms with Crippen LogP contribution in [0.3, 0.4) is 0 Å². The molecule has 0 bridgehead atoms. The molecule has 7 heteroatoms. The molecule has 0 aliphatic carbocycles. The SMILES string of the molecule is CCOC(=O)C(C)Oc1c(Br)cc(C(=O)O)cc1OCC. The molecule has 0 aliphatic heterocycles. The second kappa shape index (κ2) is 7.87. The first-order valence-electron chi connectivity index (χ1n) is 6.43. The molecular weight excluding hydrogens is 344 g/mol. The molecule has 1 atom stereocenters. The lowest BCUT2D eigenvalue weighted by atomic mass is 10.2. The summed E-state index contributed by atoms with van der Waals surface area (Å²) in [4.78, 5) is 22.7. The van der Waals surface area contributed by atoms with E-state index < -0.39 is 18.0 Å². The van der Waals surface area contributed by atoms with Crippen LogP contribution in [0.2, 0.25) is 0 Å². The van der Waals surface area contributed by atoms with E-state index in [9.17, 15) is 9.59 Å². The van der Waals surface area contributed by atoms with E-state index in [1.54, 1.807) is 20.8 Å². The minimum Gasteiger partial charge on any atom is -0.490 e. The van der Waals surface area contributed by atoms with Gasteiger partial charge in [0.1, 0.15) is 0 Å². The van der Waals surface area contributed by atoms with E-state index in [1.807, 2.05) is 0 Å². The number of carbonyl (C=O) groups is 2. The highest BCUT2D eigenvalue weighted by Crippen LogP contribution is 2.37. The van der Waals surface area contributed by atoms with Crippen LogP contribution < -0.4 is 9.47 Å². The minimum absolute atomic E-state index is 0.0569. The molecule has 0 amide bonds. The average molecular weight is 361 g/mol. The molecule has 0 fully saturated rings. The van der Waals surface area contributed by atoms with Gasteiger partial charge in [0.25, 0.3) is 0 Å². The molecule has 21 heavy (non-hydrogen) atoms. The normalized spacial score (nSPS) is 11.6. The Morgan fingerprint density at radius 1 is 1.29 bits per heavy atom. The van der Waals surface area contributed by atoms with Crippen LogP contribution in [0.4, 0.5) is 0 Å². The van der Waals surface area contributed by atoms with Gasteiger partial charge >= 0.3 is 11.9 Å². The van der Waals surface area contributed by atoms with E-state index in [-0.39, 0.29) is 23.7 Å². The number of esters is 1. The molecule has 0 aromatic heterocycles. The van der Waals surface area contributed by atoms with Crippen LogP contribution in [0, 0.1) is 0 Å². The number of benzene rings is 1. The fourth-order valence-corrected chi connectivity index (χ4v) is 2.09. The Labute approximate surface area is 131 Å². The topological polar surface area (TPSA) is 82.1 Å². The Morgan fingerprint density at radius 3 is 2.48 bits per heavy atom. The van der Waals surface area contributed by atoms with E-state index >= 15 is 0 Å². The van der Waals surface area contributed by atoms with Crippen molar-refractivity contribution in [3.05, 3.63) is 22.2 Å². The summed E-state index contributed by atoms with van der Waals surface area (Å²) in [5.41, 5.74) is 0.0569. The second-order valence-corrected chi connectivity index (χ2v) is 4.89. The van der Waals surface area contributed by atoms with Crippen LogP contribution in [0.1, 0.15) is 31.1 Å². The van der Waals surface area contributed by atoms with Crippen molar-refractivity contribution >= 4 is 27.9 Å². The molecular formula is C14H17BrO6. The standard InChI is InChI=1S/C14H17BrO6/c1-4-19-11-7-9(13(16)17)6-10(15)12(11)21-8(3)14(18)20-5-2/h6-8H,4-5H2,1-3H3,(H,16,17). The third-order valence-corrected chi connectivity index (χ3v) is 3.06. The lowest BCUT2D eigenvalue weighted by Gasteiger charge is -2.18. The van der Waals surface area contributed by atoms with Crippen molar-refractivity contribution in [2.45, 2.75) is 26.9 Å². The van der Waals surface area contributed by atoms with Crippen LogP contribution >= 0.6 is 15.9 Å². The maximum atomic E-state index is 11.6. The molecule has 1 rings (SSSR count). The number of carbonyl (C=O) groups excluding carboxylic acids is 1. The molecule has 116 valence electrons. The van der Waals surface area contributed by atoms with Gasteiger partial charge in [-0.05, 0) is 48.8 Å². The summed E-state index contributed by atoms with van der Waals surface area (Å²) < 4.78 is 16.2. The molecule has 0 heterocycles. The van der Waals surface area contributed by atoms with E-state index in [0.717, 1.165) is 0 Å². The van der Waals surface area contributed by atoms with E-state index in [0.29, 0.717) is 11.1 Å². The first-order chi connectivity index (χ1) is 9.90. The van der Waals surface area contributed by atoms with Crippen molar-refractivity contribution in [1.82, 2.24) is 0 Å². The van der Waals surface area contributed by atoms with Gasteiger partial charge in [0.2, 0.25) is 0 Å². The van der Waals surface area contributed by atoms with Gasteiger partial charge in [-0.3, -0.25) is 0 Å². The first kappa shape index (κ1) is 17.3. The molecule has 6 nitrogen and oxygen atoms in total. The molecule has 0 saturated carbocycles. The van der Waals surface area contributed by atoms with Gasteiger partial charge in [0.15, 0.2) is 17.6 Å². The lowest BCUT2D eigenvalue weighted by Crippen LogP contribution is -2.26. The molecule has 1 N–H and O–H groups in total.